The summed E-state index contributed by atoms with van der Waals surface area (Å²) < 4.78 is 15.7. The second kappa shape index (κ2) is 11.4. The Hall–Kier alpha value is -2.33. The number of carboxylic acid groups (broad SMARTS) is 1. The van der Waals surface area contributed by atoms with Gasteiger partial charge in [-0.05, 0) is 18.2 Å². The Bertz CT molecular complexity index is 661. The van der Waals surface area contributed by atoms with Crippen LogP contribution >= 0.6 is 0 Å². The number of aliphatic carboxylic acids is 1. The van der Waals surface area contributed by atoms with E-state index in [-0.39, 0.29) is 31.0 Å². The molecule has 0 unspecified atom stereocenters. The smallest absolute Gasteiger partial charge is 0.305 e. The number of carbonyl (C=O) groups excluding carboxylic acids is 2. The molecule has 9 nitrogen and oxygen atoms in total. The molecule has 1 aromatic carbocycles. The van der Waals surface area contributed by atoms with Crippen LogP contribution in [-0.2, 0) is 23.8 Å². The van der Waals surface area contributed by atoms with E-state index >= 15 is 0 Å². The van der Waals surface area contributed by atoms with E-state index in [1.54, 1.807) is 18.2 Å². The lowest BCUT2D eigenvalue weighted by molar-refractivity contribution is -0.138. The zero-order valence-corrected chi connectivity index (χ0v) is 14.9. The summed E-state index contributed by atoms with van der Waals surface area (Å²) in [5.74, 6) is -1.21. The van der Waals surface area contributed by atoms with Gasteiger partial charge in [0.1, 0.15) is 0 Å². The second-order valence-corrected chi connectivity index (χ2v) is 5.71. The predicted molar refractivity (Wildman–Crippen MR) is 94.0 cm³/mol. The van der Waals surface area contributed by atoms with Crippen molar-refractivity contribution in [1.82, 2.24) is 0 Å². The fourth-order valence-electron chi connectivity index (χ4n) is 2.35. The molecule has 2 N–H and O–H groups in total. The van der Waals surface area contributed by atoms with Crippen LogP contribution in [0.4, 0.5) is 5.69 Å². The Morgan fingerprint density at radius 3 is 2.15 bits per heavy atom. The molecule has 0 radical (unpaired) electrons. The summed E-state index contributed by atoms with van der Waals surface area (Å²) in [5, 5.41) is 8.43. The number of ether oxygens (including phenoxy) is 3. The van der Waals surface area contributed by atoms with E-state index < -0.39 is 5.97 Å². The Morgan fingerprint density at radius 2 is 1.48 bits per heavy atom. The van der Waals surface area contributed by atoms with Crippen LogP contribution in [0, 0.1) is 0 Å². The van der Waals surface area contributed by atoms with Crippen molar-refractivity contribution in [2.75, 3.05) is 51.7 Å². The van der Waals surface area contributed by atoms with Gasteiger partial charge in [-0.3, -0.25) is 24.7 Å². The highest BCUT2D eigenvalue weighted by atomic mass is 16.7. The minimum atomic E-state index is -0.888. The van der Waals surface area contributed by atoms with E-state index in [9.17, 15) is 14.4 Å². The first-order chi connectivity index (χ1) is 13.1. The van der Waals surface area contributed by atoms with E-state index in [2.05, 4.69) is 5.48 Å². The molecular weight excluding hydrogens is 358 g/mol. The van der Waals surface area contributed by atoms with Gasteiger partial charge in [-0.15, -0.1) is 0 Å². The van der Waals surface area contributed by atoms with Gasteiger partial charge in [0, 0.05) is 11.1 Å². The van der Waals surface area contributed by atoms with Crippen LogP contribution in [-0.4, -0.2) is 68.9 Å². The van der Waals surface area contributed by atoms with Crippen molar-refractivity contribution in [2.45, 2.75) is 12.8 Å². The van der Waals surface area contributed by atoms with Crippen molar-refractivity contribution in [3.63, 3.8) is 0 Å². The van der Waals surface area contributed by atoms with E-state index in [0.717, 1.165) is 0 Å². The third kappa shape index (κ3) is 7.43. The van der Waals surface area contributed by atoms with Crippen molar-refractivity contribution in [3.8, 4) is 0 Å². The summed E-state index contributed by atoms with van der Waals surface area (Å²) in [6, 6.07) is 4.91. The molecule has 0 atom stereocenters. The van der Waals surface area contributed by atoms with Gasteiger partial charge in [-0.2, -0.15) is 0 Å². The van der Waals surface area contributed by atoms with Gasteiger partial charge in [0.25, 0.3) is 0 Å². The highest BCUT2D eigenvalue weighted by Crippen LogP contribution is 2.25. The number of Topliss-reactive ketones (excluding diaryl/α,β-unsaturated/α-hetero) is 2. The fourth-order valence-corrected chi connectivity index (χ4v) is 2.35. The minimum Gasteiger partial charge on any atom is -0.481 e. The number of hydrogen-bond donors (Lipinski definition) is 2. The molecule has 1 aliphatic carbocycles. The molecule has 27 heavy (non-hydrogen) atoms. The van der Waals surface area contributed by atoms with Gasteiger partial charge < -0.3 is 19.3 Å². The maximum Gasteiger partial charge on any atom is 0.305 e. The van der Waals surface area contributed by atoms with Gasteiger partial charge in [0.15, 0.2) is 11.6 Å². The van der Waals surface area contributed by atoms with Crippen LogP contribution in [0.2, 0.25) is 0 Å². The number of anilines is 1. The number of ketones is 2. The molecule has 1 aromatic rings. The summed E-state index contributed by atoms with van der Waals surface area (Å²) in [5.41, 5.74) is 4.20. The standard InChI is InChI=1S/C18H23NO8/c20-16-12-17(21)15-11-13(1-2-14(15)16)19-27-10-9-26-8-7-25-6-5-24-4-3-18(22)23/h1-2,11,19H,3-10,12H2,(H,22,23). The monoisotopic (exact) mass is 381 g/mol. The van der Waals surface area contributed by atoms with Crippen LogP contribution in [0.3, 0.4) is 0 Å². The first kappa shape index (κ1) is 21.0. The molecule has 0 heterocycles. The van der Waals surface area contributed by atoms with Crippen LogP contribution in [0.5, 0.6) is 0 Å². The molecule has 9 heteroatoms. The average Bonchev–Trinajstić information content (AvgIpc) is 2.92. The zero-order chi connectivity index (χ0) is 19.5. The van der Waals surface area contributed by atoms with E-state index in [4.69, 9.17) is 24.2 Å². The molecule has 0 saturated heterocycles. The predicted octanol–water partition coefficient (Wildman–Crippen LogP) is 1.32. The van der Waals surface area contributed by atoms with Gasteiger partial charge in [-0.25, -0.2) is 0 Å². The molecule has 0 amide bonds. The van der Waals surface area contributed by atoms with Crippen LogP contribution in [0.15, 0.2) is 18.2 Å². The zero-order valence-electron chi connectivity index (χ0n) is 14.9. The Labute approximate surface area is 156 Å². The summed E-state index contributed by atoms with van der Waals surface area (Å²) >= 11 is 0. The Kier molecular flexibility index (Phi) is 8.85. The highest BCUT2D eigenvalue weighted by molar-refractivity contribution is 6.24. The quantitative estimate of drug-likeness (QED) is 0.279. The lowest BCUT2D eigenvalue weighted by Gasteiger charge is -2.09. The van der Waals surface area contributed by atoms with Gasteiger partial charge in [-0.1, -0.05) is 0 Å². The normalized spacial score (nSPS) is 13.0. The van der Waals surface area contributed by atoms with Crippen LogP contribution < -0.4 is 5.48 Å². The SMILES string of the molecule is O=C(O)CCOCCOCCOCCONc1ccc2c(c1)C(=O)CC2=O. The van der Waals surface area contributed by atoms with Gasteiger partial charge >= 0.3 is 5.97 Å². The average molecular weight is 381 g/mol. The molecule has 0 fully saturated rings. The summed E-state index contributed by atoms with van der Waals surface area (Å²) in [6.07, 6.45) is -0.0823. The van der Waals surface area contributed by atoms with Gasteiger partial charge in [0.05, 0.1) is 64.8 Å². The van der Waals surface area contributed by atoms with Gasteiger partial charge in [0.2, 0.25) is 0 Å². The summed E-state index contributed by atoms with van der Waals surface area (Å²) in [4.78, 5) is 38.8. The highest BCUT2D eigenvalue weighted by Gasteiger charge is 2.27. The van der Waals surface area contributed by atoms with Crippen molar-refractivity contribution < 1.29 is 38.5 Å². The third-order valence-electron chi connectivity index (χ3n) is 3.67. The molecular formula is C18H23NO8. The van der Waals surface area contributed by atoms with Crippen molar-refractivity contribution in [1.29, 1.82) is 0 Å². The number of nitrogens with one attached hydrogen (secondary N) is 1. The summed E-state index contributed by atoms with van der Waals surface area (Å²) in [7, 11) is 0. The molecule has 0 spiro atoms. The number of hydrogen-bond acceptors (Lipinski definition) is 8. The molecule has 0 bridgehead atoms. The Morgan fingerprint density at radius 1 is 0.889 bits per heavy atom. The first-order valence-electron chi connectivity index (χ1n) is 8.61. The Balaban J connectivity index is 1.44. The topological polar surface area (TPSA) is 120 Å². The van der Waals surface area contributed by atoms with Crippen LogP contribution in [0.25, 0.3) is 0 Å². The van der Waals surface area contributed by atoms with Crippen LogP contribution in [0.1, 0.15) is 33.6 Å². The van der Waals surface area contributed by atoms with Crippen molar-refractivity contribution in [3.05, 3.63) is 29.3 Å². The molecule has 1 aliphatic rings. The first-order valence-corrected chi connectivity index (χ1v) is 8.61. The molecule has 0 aliphatic heterocycles. The van der Waals surface area contributed by atoms with E-state index in [1.165, 1.54) is 0 Å². The largest absolute Gasteiger partial charge is 0.481 e. The molecule has 2 rings (SSSR count). The third-order valence-corrected chi connectivity index (χ3v) is 3.67. The fraction of sp³-hybridized carbons (Fsp3) is 0.500. The molecule has 0 saturated carbocycles. The lowest BCUT2D eigenvalue weighted by Crippen LogP contribution is -2.14. The van der Waals surface area contributed by atoms with E-state index in [1.807, 2.05) is 0 Å². The number of fused-ring (bicyclic) bond motifs is 1. The molecule has 0 aromatic heterocycles. The maximum absolute atomic E-state index is 11.7. The van der Waals surface area contributed by atoms with Crippen molar-refractivity contribution >= 4 is 23.2 Å². The lowest BCUT2D eigenvalue weighted by atomic mass is 10.1. The second-order valence-electron chi connectivity index (χ2n) is 5.71. The maximum atomic E-state index is 11.7. The number of benzene rings is 1. The molecule has 148 valence electrons. The van der Waals surface area contributed by atoms with Crippen molar-refractivity contribution in [2.24, 2.45) is 0 Å². The number of carbonyl (C=O) groups is 3. The summed E-state index contributed by atoms with van der Waals surface area (Å²) in [6.45, 7) is 2.34. The van der Waals surface area contributed by atoms with E-state index in [0.29, 0.717) is 56.5 Å². The number of rotatable bonds is 14. The minimum absolute atomic E-state index is 0.0168. The number of carboxylic acids is 1.